The Morgan fingerprint density at radius 1 is 1.14 bits per heavy atom. The van der Waals surface area contributed by atoms with E-state index in [-0.39, 0.29) is 60.0 Å². The first-order chi connectivity index (χ1) is 26.5. The van der Waals surface area contributed by atoms with Gasteiger partial charge in [0.15, 0.2) is 5.82 Å². The molecule has 1 atom stereocenters. The number of likely N-dealkylation sites (tertiary alicyclic amines) is 1. The molecule has 3 aliphatic rings. The van der Waals surface area contributed by atoms with Crippen LogP contribution in [0.1, 0.15) is 96.3 Å². The van der Waals surface area contributed by atoms with Crippen LogP contribution in [0.3, 0.4) is 0 Å². The van der Waals surface area contributed by atoms with E-state index < -0.39 is 17.5 Å². The van der Waals surface area contributed by atoms with Gasteiger partial charge in [-0.3, -0.25) is 19.2 Å². The summed E-state index contributed by atoms with van der Waals surface area (Å²) in [4.78, 5) is 35.7. The zero-order valence-electron chi connectivity index (χ0n) is 32.5. The second-order valence-electron chi connectivity index (χ2n) is 16.0. The van der Waals surface area contributed by atoms with Crippen LogP contribution in [0.2, 0.25) is 5.15 Å². The van der Waals surface area contributed by atoms with Crippen molar-refractivity contribution >= 4 is 41.7 Å². The number of carbonyl (C=O) groups excluding carboxylic acids is 1. The number of carboxylic acid groups (broad SMARTS) is 1. The fourth-order valence-corrected chi connectivity index (χ4v) is 8.48. The SMILES string of the molecule is CC(C)(C)N1CC(CCCN(C2=CCCC=C2)c2cccc(SNC(=O)c3ccc(-n4ccc(OCCC5(C(F)(F)F)CC5)n4)nc3Cl)n2)CC1(C)C.O=CO. The topological polar surface area (TPSA) is 126 Å². The van der Waals surface area contributed by atoms with Crippen molar-refractivity contribution in [1.82, 2.24) is 29.4 Å². The van der Waals surface area contributed by atoms with Crippen LogP contribution >= 0.6 is 23.5 Å². The van der Waals surface area contributed by atoms with Crippen LogP contribution < -0.4 is 14.4 Å². The van der Waals surface area contributed by atoms with Gasteiger partial charge in [-0.2, -0.15) is 13.2 Å². The smallest absolute Gasteiger partial charge is 0.394 e. The number of amides is 1. The average Bonchev–Trinajstić information content (AvgIpc) is 3.68. The third kappa shape index (κ3) is 10.9. The number of ether oxygens (including phenoxy) is 1. The van der Waals surface area contributed by atoms with Crippen LogP contribution in [-0.4, -0.2) is 79.1 Å². The molecular weight excluding hydrogens is 767 g/mol. The third-order valence-electron chi connectivity index (χ3n) is 10.4. The largest absolute Gasteiger partial charge is 0.483 e. The van der Waals surface area contributed by atoms with Gasteiger partial charge in [-0.25, -0.2) is 14.6 Å². The van der Waals surface area contributed by atoms with Crippen molar-refractivity contribution < 1.29 is 32.6 Å². The molecule has 0 bridgehead atoms. The number of halogens is 4. The highest BCUT2D eigenvalue weighted by Gasteiger charge is 2.62. The molecule has 3 aromatic heterocycles. The van der Waals surface area contributed by atoms with E-state index in [0.29, 0.717) is 16.8 Å². The van der Waals surface area contributed by atoms with Gasteiger partial charge in [-0.15, -0.1) is 5.10 Å². The van der Waals surface area contributed by atoms with Gasteiger partial charge in [0.05, 0.1) is 17.6 Å². The summed E-state index contributed by atoms with van der Waals surface area (Å²) in [5.41, 5.74) is -0.00359. The van der Waals surface area contributed by atoms with Crippen LogP contribution in [0.5, 0.6) is 5.88 Å². The van der Waals surface area contributed by atoms with Gasteiger partial charge < -0.3 is 14.7 Å². The first-order valence-electron chi connectivity index (χ1n) is 18.8. The van der Waals surface area contributed by atoms with Crippen molar-refractivity contribution in [1.29, 1.82) is 0 Å². The molecular formula is C40H51ClF3N7O4S. The number of nitrogens with one attached hydrogen (secondary N) is 1. The van der Waals surface area contributed by atoms with Gasteiger partial charge in [0.1, 0.15) is 16.0 Å². The van der Waals surface area contributed by atoms with Gasteiger partial charge in [0.25, 0.3) is 12.4 Å². The summed E-state index contributed by atoms with van der Waals surface area (Å²) >= 11 is 7.55. The molecule has 1 saturated carbocycles. The van der Waals surface area contributed by atoms with Crippen molar-refractivity contribution in [2.24, 2.45) is 11.3 Å². The first kappa shape index (κ1) is 43.1. The van der Waals surface area contributed by atoms with E-state index in [4.69, 9.17) is 31.2 Å². The number of allylic oxidation sites excluding steroid dienone is 3. The molecule has 1 aliphatic heterocycles. The van der Waals surface area contributed by atoms with Crippen molar-refractivity contribution in [2.45, 2.75) is 108 Å². The Hall–Kier alpha value is -4.08. The second kappa shape index (κ2) is 18.0. The Morgan fingerprint density at radius 2 is 1.89 bits per heavy atom. The molecule has 2 N–H and O–H groups in total. The van der Waals surface area contributed by atoms with Crippen LogP contribution in [0.4, 0.5) is 19.0 Å². The molecule has 0 spiro atoms. The Morgan fingerprint density at radius 3 is 2.52 bits per heavy atom. The average molecular weight is 818 g/mol. The minimum atomic E-state index is -4.23. The lowest BCUT2D eigenvalue weighted by atomic mass is 9.92. The second-order valence-corrected chi connectivity index (χ2v) is 17.2. The zero-order chi connectivity index (χ0) is 40.7. The predicted octanol–water partition coefficient (Wildman–Crippen LogP) is 9.28. The summed E-state index contributed by atoms with van der Waals surface area (Å²) in [6.45, 7) is 13.2. The summed E-state index contributed by atoms with van der Waals surface area (Å²) in [6.07, 6.45) is 9.51. The normalized spacial score (nSPS) is 18.7. The molecule has 6 rings (SSSR count). The molecule has 11 nitrogen and oxygen atoms in total. The van der Waals surface area contributed by atoms with E-state index in [9.17, 15) is 18.0 Å². The van der Waals surface area contributed by atoms with E-state index in [2.05, 4.69) is 77.5 Å². The lowest BCUT2D eigenvalue weighted by Gasteiger charge is -2.42. The maximum atomic E-state index is 13.2. The lowest BCUT2D eigenvalue weighted by Crippen LogP contribution is -2.50. The van der Waals surface area contributed by atoms with Crippen molar-refractivity contribution in [3.8, 4) is 11.7 Å². The van der Waals surface area contributed by atoms with Crippen molar-refractivity contribution in [3.63, 3.8) is 0 Å². The third-order valence-corrected chi connectivity index (χ3v) is 11.5. The molecule has 0 aromatic carbocycles. The quantitative estimate of drug-likeness (QED) is 0.0924. The maximum absolute atomic E-state index is 13.2. The molecule has 2 fully saturated rings. The fourth-order valence-electron chi connectivity index (χ4n) is 7.65. The Bertz CT molecular complexity index is 1890. The van der Waals surface area contributed by atoms with Gasteiger partial charge >= 0.3 is 6.18 Å². The summed E-state index contributed by atoms with van der Waals surface area (Å²) in [5, 5.41) is 11.7. The summed E-state index contributed by atoms with van der Waals surface area (Å²) in [5.74, 6) is 1.53. The highest BCUT2D eigenvalue weighted by Crippen LogP contribution is 2.59. The Labute approximate surface area is 335 Å². The van der Waals surface area contributed by atoms with E-state index in [1.54, 1.807) is 24.4 Å². The minimum Gasteiger partial charge on any atom is -0.483 e. The number of nitrogens with zero attached hydrogens (tertiary/aromatic N) is 6. The number of anilines is 1. The number of alkyl halides is 3. The van der Waals surface area contributed by atoms with E-state index in [1.165, 1.54) is 11.1 Å². The highest BCUT2D eigenvalue weighted by atomic mass is 35.5. The summed E-state index contributed by atoms with van der Waals surface area (Å²) in [6, 6.07) is 10.5. The maximum Gasteiger partial charge on any atom is 0.394 e. The number of pyridine rings is 2. The van der Waals surface area contributed by atoms with Crippen LogP contribution in [0, 0.1) is 11.3 Å². The van der Waals surface area contributed by atoms with E-state index in [0.717, 1.165) is 62.2 Å². The van der Waals surface area contributed by atoms with Crippen molar-refractivity contribution in [3.05, 3.63) is 77.2 Å². The number of hydrogen-bond donors (Lipinski definition) is 2. The van der Waals surface area contributed by atoms with Crippen LogP contribution in [0.25, 0.3) is 5.82 Å². The predicted molar refractivity (Wildman–Crippen MR) is 212 cm³/mol. The number of hydrogen-bond acceptors (Lipinski definition) is 9. The summed E-state index contributed by atoms with van der Waals surface area (Å²) < 4.78 is 49.3. The zero-order valence-corrected chi connectivity index (χ0v) is 34.1. The van der Waals surface area contributed by atoms with Gasteiger partial charge in [-0.1, -0.05) is 29.8 Å². The number of carbonyl (C=O) groups is 2. The van der Waals surface area contributed by atoms with E-state index in [1.807, 2.05) is 18.2 Å². The molecule has 56 heavy (non-hydrogen) atoms. The van der Waals surface area contributed by atoms with Crippen LogP contribution in [-0.2, 0) is 4.79 Å². The molecule has 0 radical (unpaired) electrons. The molecule has 1 amide bonds. The molecule has 304 valence electrons. The molecule has 16 heteroatoms. The first-order valence-corrected chi connectivity index (χ1v) is 20.0. The molecule has 4 heterocycles. The van der Waals surface area contributed by atoms with Gasteiger partial charge in [0, 0.05) is 54.1 Å². The van der Waals surface area contributed by atoms with Crippen LogP contribution in [0.15, 0.2) is 71.5 Å². The van der Waals surface area contributed by atoms with E-state index >= 15 is 0 Å². The number of rotatable bonds is 14. The highest BCUT2D eigenvalue weighted by molar-refractivity contribution is 7.97. The fraction of sp³-hybridized carbons (Fsp3) is 0.525. The lowest BCUT2D eigenvalue weighted by molar-refractivity contribution is -0.190. The van der Waals surface area contributed by atoms with Gasteiger partial charge in [0.2, 0.25) is 5.88 Å². The molecule has 1 unspecified atom stereocenters. The Balaban J connectivity index is 0.00000194. The summed E-state index contributed by atoms with van der Waals surface area (Å²) in [7, 11) is 0. The van der Waals surface area contributed by atoms with Crippen molar-refractivity contribution in [2.75, 3.05) is 24.6 Å². The molecule has 3 aromatic rings. The molecule has 1 saturated heterocycles. The number of aromatic nitrogens is 4. The monoisotopic (exact) mass is 817 g/mol. The Kier molecular flexibility index (Phi) is 13.9. The standard InChI is InChI=1S/C39H49ClF3N7O2S.CH2O2/c1-36(2,3)50-26-27(25-37(50,4)5)11-10-22-48(28-12-7-6-8-13-28)30-14-9-15-33(44-30)53-47-35(51)29-16-17-31(45-34(29)40)49-23-18-32(46-49)52-24-21-38(19-20-38)39(41,42)43;2-1-3/h7,9,12-18,23,27H,6,8,10-11,19-22,24-26H2,1-5H3,(H,47,51);1H,(H,2,3). The minimum absolute atomic E-state index is 0.0281. The van der Waals surface area contributed by atoms with Gasteiger partial charge in [-0.05, 0) is 122 Å². The molecule has 2 aliphatic carbocycles.